The lowest BCUT2D eigenvalue weighted by atomic mass is 9.96. The Morgan fingerprint density at radius 3 is 2.58 bits per heavy atom. The van der Waals surface area contributed by atoms with Crippen LogP contribution < -0.4 is 0 Å². The Hall–Kier alpha value is -2.43. The molecule has 1 aliphatic heterocycles. The molecule has 1 amide bonds. The number of benzene rings is 1. The Balaban J connectivity index is 1.54. The summed E-state index contributed by atoms with van der Waals surface area (Å²) in [5.41, 5.74) is 1.04. The number of carbonyl (C=O) groups is 1. The first-order valence-electron chi connectivity index (χ1n) is 8.49. The average molecular weight is 325 g/mol. The molecular formula is C19H23N3O2. The van der Waals surface area contributed by atoms with Crippen molar-refractivity contribution in [2.75, 3.05) is 13.1 Å². The van der Waals surface area contributed by atoms with Crippen LogP contribution in [0.15, 0.2) is 40.9 Å². The summed E-state index contributed by atoms with van der Waals surface area (Å²) in [6.07, 6.45) is 5.25. The van der Waals surface area contributed by atoms with Crippen molar-refractivity contribution in [3.8, 4) is 0 Å². The third-order valence-electron chi connectivity index (χ3n) is 4.35. The highest BCUT2D eigenvalue weighted by Crippen LogP contribution is 2.27. The second-order valence-electron chi connectivity index (χ2n) is 6.49. The van der Waals surface area contributed by atoms with Gasteiger partial charge in [-0.05, 0) is 24.5 Å². The summed E-state index contributed by atoms with van der Waals surface area (Å²) < 4.78 is 5.39. The summed E-state index contributed by atoms with van der Waals surface area (Å²) in [5, 5.41) is 4.03. The fourth-order valence-electron chi connectivity index (χ4n) is 2.83. The maximum Gasteiger partial charge on any atom is 0.246 e. The van der Waals surface area contributed by atoms with Gasteiger partial charge in [0.1, 0.15) is 0 Å². The zero-order chi connectivity index (χ0) is 16.9. The van der Waals surface area contributed by atoms with E-state index in [0.29, 0.717) is 5.89 Å². The largest absolute Gasteiger partial charge is 0.339 e. The van der Waals surface area contributed by atoms with E-state index < -0.39 is 0 Å². The van der Waals surface area contributed by atoms with Gasteiger partial charge in [0.2, 0.25) is 11.8 Å². The van der Waals surface area contributed by atoms with Gasteiger partial charge in [-0.2, -0.15) is 4.98 Å². The Kier molecular flexibility index (Phi) is 5.08. The van der Waals surface area contributed by atoms with Gasteiger partial charge < -0.3 is 9.42 Å². The van der Waals surface area contributed by atoms with Crippen LogP contribution in [0, 0.1) is 0 Å². The molecule has 1 aromatic heterocycles. The molecular weight excluding hydrogens is 302 g/mol. The standard InChI is InChI=1S/C19H23N3O2/c1-14(2)18-20-19(24-21-18)16-10-12-22(13-11-16)17(23)9-8-15-6-4-3-5-7-15/h3-9,14,16H,10-13H2,1-2H3/b9-8+. The summed E-state index contributed by atoms with van der Waals surface area (Å²) >= 11 is 0. The van der Waals surface area contributed by atoms with Crippen LogP contribution in [0.2, 0.25) is 0 Å². The molecule has 1 aliphatic rings. The molecule has 0 atom stereocenters. The van der Waals surface area contributed by atoms with E-state index >= 15 is 0 Å². The van der Waals surface area contributed by atoms with Crippen LogP contribution in [0.4, 0.5) is 0 Å². The summed E-state index contributed by atoms with van der Waals surface area (Å²) in [4.78, 5) is 18.7. The molecule has 0 unspecified atom stereocenters. The van der Waals surface area contributed by atoms with Crippen molar-refractivity contribution in [3.05, 3.63) is 53.7 Å². The minimum atomic E-state index is 0.0608. The van der Waals surface area contributed by atoms with Crippen molar-refractivity contribution in [3.63, 3.8) is 0 Å². The second kappa shape index (κ2) is 7.43. The highest BCUT2D eigenvalue weighted by Gasteiger charge is 2.27. The molecule has 2 heterocycles. The number of amides is 1. The number of hydrogen-bond donors (Lipinski definition) is 0. The first-order valence-corrected chi connectivity index (χ1v) is 8.49. The Morgan fingerprint density at radius 1 is 1.25 bits per heavy atom. The van der Waals surface area contributed by atoms with Crippen molar-refractivity contribution in [1.82, 2.24) is 15.0 Å². The normalized spacial score (nSPS) is 16.2. The van der Waals surface area contributed by atoms with E-state index in [1.165, 1.54) is 0 Å². The van der Waals surface area contributed by atoms with Gasteiger partial charge in [0, 0.05) is 31.0 Å². The molecule has 1 aromatic carbocycles. The van der Waals surface area contributed by atoms with E-state index in [1.54, 1.807) is 6.08 Å². The molecule has 1 fully saturated rings. The van der Waals surface area contributed by atoms with Crippen LogP contribution >= 0.6 is 0 Å². The number of nitrogens with zero attached hydrogens (tertiary/aromatic N) is 3. The van der Waals surface area contributed by atoms with Crippen molar-refractivity contribution >= 4 is 12.0 Å². The van der Waals surface area contributed by atoms with Crippen LogP contribution in [0.1, 0.15) is 55.8 Å². The number of carbonyl (C=O) groups excluding carboxylic acids is 1. The smallest absolute Gasteiger partial charge is 0.246 e. The molecule has 126 valence electrons. The lowest BCUT2D eigenvalue weighted by Crippen LogP contribution is -2.36. The van der Waals surface area contributed by atoms with Crippen LogP contribution in [-0.2, 0) is 4.79 Å². The van der Waals surface area contributed by atoms with Crippen LogP contribution in [0.25, 0.3) is 6.08 Å². The number of rotatable bonds is 4. The van der Waals surface area contributed by atoms with Crippen LogP contribution in [0.5, 0.6) is 0 Å². The molecule has 1 saturated heterocycles. The first kappa shape index (κ1) is 16.4. The molecule has 5 nitrogen and oxygen atoms in total. The maximum absolute atomic E-state index is 12.3. The maximum atomic E-state index is 12.3. The fraction of sp³-hybridized carbons (Fsp3) is 0.421. The Morgan fingerprint density at radius 2 is 1.96 bits per heavy atom. The second-order valence-corrected chi connectivity index (χ2v) is 6.49. The number of hydrogen-bond acceptors (Lipinski definition) is 4. The summed E-state index contributed by atoms with van der Waals surface area (Å²) in [7, 11) is 0. The lowest BCUT2D eigenvalue weighted by Gasteiger charge is -2.29. The Labute approximate surface area is 142 Å². The van der Waals surface area contributed by atoms with E-state index in [4.69, 9.17) is 4.52 Å². The van der Waals surface area contributed by atoms with Gasteiger partial charge in [-0.15, -0.1) is 0 Å². The van der Waals surface area contributed by atoms with E-state index in [9.17, 15) is 4.79 Å². The van der Waals surface area contributed by atoms with Crippen molar-refractivity contribution < 1.29 is 9.32 Å². The monoisotopic (exact) mass is 325 g/mol. The van der Waals surface area contributed by atoms with Crippen molar-refractivity contribution in [2.24, 2.45) is 0 Å². The first-order chi connectivity index (χ1) is 11.6. The number of likely N-dealkylation sites (tertiary alicyclic amines) is 1. The van der Waals surface area contributed by atoms with E-state index in [0.717, 1.165) is 37.3 Å². The average Bonchev–Trinajstić information content (AvgIpc) is 3.11. The minimum Gasteiger partial charge on any atom is -0.339 e. The van der Waals surface area contributed by atoms with E-state index in [-0.39, 0.29) is 17.7 Å². The zero-order valence-corrected chi connectivity index (χ0v) is 14.2. The van der Waals surface area contributed by atoms with Crippen molar-refractivity contribution in [2.45, 2.75) is 38.5 Å². The molecule has 0 radical (unpaired) electrons. The fourth-order valence-corrected chi connectivity index (χ4v) is 2.83. The van der Waals surface area contributed by atoms with Crippen LogP contribution in [-0.4, -0.2) is 34.0 Å². The van der Waals surface area contributed by atoms with Crippen LogP contribution in [0.3, 0.4) is 0 Å². The van der Waals surface area contributed by atoms with Gasteiger partial charge >= 0.3 is 0 Å². The molecule has 5 heteroatoms. The summed E-state index contributed by atoms with van der Waals surface area (Å²) in [6, 6.07) is 9.86. The van der Waals surface area contributed by atoms with Gasteiger partial charge in [-0.25, -0.2) is 0 Å². The van der Waals surface area contributed by atoms with Gasteiger partial charge in [-0.3, -0.25) is 4.79 Å². The SMILES string of the molecule is CC(C)c1noc(C2CCN(C(=O)/C=C/c3ccccc3)CC2)n1. The summed E-state index contributed by atoms with van der Waals surface area (Å²) in [6.45, 7) is 5.55. The lowest BCUT2D eigenvalue weighted by molar-refractivity contribution is -0.127. The van der Waals surface area contributed by atoms with E-state index in [1.807, 2.05) is 41.3 Å². The van der Waals surface area contributed by atoms with Crippen molar-refractivity contribution in [1.29, 1.82) is 0 Å². The van der Waals surface area contributed by atoms with Gasteiger partial charge in [0.15, 0.2) is 5.82 Å². The summed E-state index contributed by atoms with van der Waals surface area (Å²) in [5.74, 6) is 2.06. The molecule has 3 rings (SSSR count). The quantitative estimate of drug-likeness (QED) is 0.806. The minimum absolute atomic E-state index is 0.0608. The predicted molar refractivity (Wildman–Crippen MR) is 92.4 cm³/mol. The van der Waals surface area contributed by atoms with Gasteiger partial charge in [0.25, 0.3) is 0 Å². The highest BCUT2D eigenvalue weighted by atomic mass is 16.5. The Bertz CT molecular complexity index is 698. The molecule has 0 spiro atoms. The topological polar surface area (TPSA) is 59.2 Å². The molecule has 0 bridgehead atoms. The molecule has 0 aliphatic carbocycles. The predicted octanol–water partition coefficient (Wildman–Crippen LogP) is 3.61. The van der Waals surface area contributed by atoms with Gasteiger partial charge in [-0.1, -0.05) is 49.3 Å². The molecule has 2 aromatic rings. The highest BCUT2D eigenvalue weighted by molar-refractivity contribution is 5.91. The molecule has 24 heavy (non-hydrogen) atoms. The van der Waals surface area contributed by atoms with Gasteiger partial charge in [0.05, 0.1) is 0 Å². The van der Waals surface area contributed by atoms with E-state index in [2.05, 4.69) is 24.0 Å². The molecule has 0 N–H and O–H groups in total. The number of piperidine rings is 1. The number of aromatic nitrogens is 2. The zero-order valence-electron chi connectivity index (χ0n) is 14.2. The third-order valence-corrected chi connectivity index (χ3v) is 4.35. The molecule has 0 saturated carbocycles. The third kappa shape index (κ3) is 3.91.